The lowest BCUT2D eigenvalue weighted by atomic mass is 10.0. The maximum Gasteiger partial charge on any atom is 0.372 e. The second-order valence-electron chi connectivity index (χ2n) is 6.07. The second-order valence-corrected chi connectivity index (χ2v) is 7.18. The third-order valence-corrected chi connectivity index (χ3v) is 5.40. The molecular weight excluding hydrogens is 396 g/mol. The summed E-state index contributed by atoms with van der Waals surface area (Å²) in [4.78, 5) is 69.3. The quantitative estimate of drug-likeness (QED) is 0.245. The highest BCUT2D eigenvalue weighted by Crippen LogP contribution is 2.40. The van der Waals surface area contributed by atoms with Gasteiger partial charge in [-0.15, -0.1) is 11.8 Å². The van der Waals surface area contributed by atoms with Gasteiger partial charge in [-0.3, -0.25) is 24.1 Å². The lowest BCUT2D eigenvalue weighted by Crippen LogP contribution is -2.70. The molecule has 0 aromatic carbocycles. The molecule has 0 spiro atoms. The molecule has 11 nitrogen and oxygen atoms in total. The van der Waals surface area contributed by atoms with Crippen molar-refractivity contribution in [1.29, 1.82) is 0 Å². The highest BCUT2D eigenvalue weighted by atomic mass is 32.2. The van der Waals surface area contributed by atoms with E-state index >= 15 is 0 Å². The number of fused-ring (bicyclic) bond motifs is 1. The number of carboxylic acid groups (broad SMARTS) is 2. The SMILES string of the molecule is CC(=O)OCC1=C(C(=O)O)N2C(=O)C(NC(=O)CCCC(=O)C(=O)O)[C@@H]2SC1. The molecule has 12 heteroatoms. The number of nitrogens with zero attached hydrogens (tertiary/aromatic N) is 1. The second kappa shape index (κ2) is 8.87. The van der Waals surface area contributed by atoms with E-state index in [2.05, 4.69) is 5.32 Å². The molecular formula is C16H18N2O9S. The summed E-state index contributed by atoms with van der Waals surface area (Å²) < 4.78 is 4.83. The Morgan fingerprint density at radius 3 is 2.46 bits per heavy atom. The first-order valence-electron chi connectivity index (χ1n) is 8.22. The van der Waals surface area contributed by atoms with Crippen LogP contribution in [0.4, 0.5) is 0 Å². The van der Waals surface area contributed by atoms with Crippen molar-refractivity contribution in [2.45, 2.75) is 37.6 Å². The number of aliphatic carboxylic acids is 2. The molecule has 3 N–H and O–H groups in total. The monoisotopic (exact) mass is 414 g/mol. The predicted octanol–water partition coefficient (Wildman–Crippen LogP) is -0.888. The van der Waals surface area contributed by atoms with Crippen molar-refractivity contribution in [3.05, 3.63) is 11.3 Å². The summed E-state index contributed by atoms with van der Waals surface area (Å²) >= 11 is 1.23. The van der Waals surface area contributed by atoms with Gasteiger partial charge in [0.2, 0.25) is 11.7 Å². The predicted molar refractivity (Wildman–Crippen MR) is 92.8 cm³/mol. The number of esters is 1. The van der Waals surface area contributed by atoms with Gasteiger partial charge in [-0.2, -0.15) is 0 Å². The van der Waals surface area contributed by atoms with E-state index in [9.17, 15) is 33.9 Å². The largest absolute Gasteiger partial charge is 0.477 e. The van der Waals surface area contributed by atoms with Gasteiger partial charge in [-0.1, -0.05) is 0 Å². The molecule has 0 saturated carbocycles. The van der Waals surface area contributed by atoms with Gasteiger partial charge < -0.3 is 20.3 Å². The summed E-state index contributed by atoms with van der Waals surface area (Å²) in [6, 6.07) is -0.919. The van der Waals surface area contributed by atoms with E-state index in [1.54, 1.807) is 0 Å². The summed E-state index contributed by atoms with van der Waals surface area (Å²) in [5, 5.41) is 19.8. The average molecular weight is 414 g/mol. The van der Waals surface area contributed by atoms with Crippen LogP contribution in [0, 0.1) is 0 Å². The number of ketones is 1. The first kappa shape index (κ1) is 21.4. The average Bonchev–Trinajstić information content (AvgIpc) is 2.62. The Kier molecular flexibility index (Phi) is 6.78. The van der Waals surface area contributed by atoms with E-state index in [4.69, 9.17) is 9.84 Å². The fourth-order valence-electron chi connectivity index (χ4n) is 2.75. The van der Waals surface area contributed by atoms with Crippen LogP contribution in [-0.2, 0) is 33.5 Å². The first-order valence-corrected chi connectivity index (χ1v) is 9.27. The van der Waals surface area contributed by atoms with Crippen LogP contribution in [0.2, 0.25) is 0 Å². The van der Waals surface area contributed by atoms with E-state index in [1.165, 1.54) is 18.7 Å². The molecule has 1 saturated heterocycles. The highest BCUT2D eigenvalue weighted by Gasteiger charge is 2.54. The number of nitrogens with one attached hydrogen (secondary N) is 1. The van der Waals surface area contributed by atoms with Gasteiger partial charge in [-0.25, -0.2) is 9.59 Å². The molecule has 0 radical (unpaired) electrons. The minimum absolute atomic E-state index is 0.0201. The number of hydrogen-bond donors (Lipinski definition) is 3. The van der Waals surface area contributed by atoms with E-state index in [-0.39, 0.29) is 42.9 Å². The Balaban J connectivity index is 1.96. The fourth-order valence-corrected chi connectivity index (χ4v) is 4.07. The van der Waals surface area contributed by atoms with Crippen LogP contribution >= 0.6 is 11.8 Å². The molecule has 2 heterocycles. The van der Waals surface area contributed by atoms with Crippen molar-refractivity contribution in [2.24, 2.45) is 0 Å². The fraction of sp³-hybridized carbons (Fsp3) is 0.500. The lowest BCUT2D eigenvalue weighted by molar-refractivity contribution is -0.151. The summed E-state index contributed by atoms with van der Waals surface area (Å²) in [7, 11) is 0. The third kappa shape index (κ3) is 4.68. The molecule has 0 bridgehead atoms. The van der Waals surface area contributed by atoms with Crippen molar-refractivity contribution in [3.8, 4) is 0 Å². The molecule has 2 rings (SSSR count). The Morgan fingerprint density at radius 2 is 1.89 bits per heavy atom. The number of rotatable bonds is 9. The van der Waals surface area contributed by atoms with Crippen LogP contribution < -0.4 is 5.32 Å². The number of Topliss-reactive ketones (excluding diaryl/α,β-unsaturated/α-hetero) is 1. The molecule has 28 heavy (non-hydrogen) atoms. The summed E-state index contributed by atoms with van der Waals surface area (Å²) in [6.07, 6.45) is -0.414. The van der Waals surface area contributed by atoms with Gasteiger partial charge in [0.25, 0.3) is 5.91 Å². The van der Waals surface area contributed by atoms with Crippen molar-refractivity contribution >= 4 is 47.3 Å². The van der Waals surface area contributed by atoms with E-state index in [0.717, 1.165) is 4.90 Å². The third-order valence-electron chi connectivity index (χ3n) is 4.06. The maximum atomic E-state index is 12.4. The Bertz CT molecular complexity index is 776. The van der Waals surface area contributed by atoms with E-state index in [0.29, 0.717) is 0 Å². The minimum atomic E-state index is -1.57. The topological polar surface area (TPSA) is 167 Å². The number of carbonyl (C=O) groups excluding carboxylic acids is 4. The van der Waals surface area contributed by atoms with Gasteiger partial charge in [0, 0.05) is 31.1 Å². The van der Waals surface area contributed by atoms with Crippen LogP contribution in [0.25, 0.3) is 0 Å². The van der Waals surface area contributed by atoms with Crippen molar-refractivity contribution in [1.82, 2.24) is 10.2 Å². The molecule has 2 amide bonds. The lowest BCUT2D eigenvalue weighted by Gasteiger charge is -2.49. The highest BCUT2D eigenvalue weighted by molar-refractivity contribution is 8.00. The van der Waals surface area contributed by atoms with Crippen molar-refractivity contribution in [2.75, 3.05) is 12.4 Å². The molecule has 0 aliphatic carbocycles. The normalized spacial score (nSPS) is 20.8. The number of carboxylic acids is 2. The molecule has 2 atom stereocenters. The number of ether oxygens (including phenoxy) is 1. The zero-order chi connectivity index (χ0) is 21.0. The maximum absolute atomic E-state index is 12.4. The number of β-lactam (4-membered cyclic amide) rings is 1. The Hall–Kier alpha value is -2.89. The standard InChI is InChI=1S/C16H18N2O9S/c1-7(19)27-5-8-6-28-14-11(13(22)18(14)12(8)16(25)26)17-10(21)4-2-3-9(20)15(23)24/h11,14H,2-6H2,1H3,(H,17,21)(H,23,24)(H,25,26)/t11?,14-/m0/s1. The smallest absolute Gasteiger partial charge is 0.372 e. The van der Waals surface area contributed by atoms with E-state index < -0.39 is 46.9 Å². The van der Waals surface area contributed by atoms with Crippen molar-refractivity contribution < 1.29 is 43.7 Å². The molecule has 2 aliphatic rings. The van der Waals surface area contributed by atoms with Gasteiger partial charge in [0.1, 0.15) is 23.7 Å². The van der Waals surface area contributed by atoms with Crippen molar-refractivity contribution in [3.63, 3.8) is 0 Å². The molecule has 152 valence electrons. The molecule has 1 unspecified atom stereocenters. The number of amides is 2. The van der Waals surface area contributed by atoms with Gasteiger partial charge in [0.15, 0.2) is 0 Å². The van der Waals surface area contributed by atoms with Crippen LogP contribution in [-0.4, -0.2) is 74.4 Å². The number of thioether (sulfide) groups is 1. The van der Waals surface area contributed by atoms with E-state index in [1.807, 2.05) is 0 Å². The van der Waals surface area contributed by atoms with Gasteiger partial charge in [-0.05, 0) is 6.42 Å². The van der Waals surface area contributed by atoms with Crippen LogP contribution in [0.3, 0.4) is 0 Å². The number of carbonyl (C=O) groups is 6. The Morgan fingerprint density at radius 1 is 1.21 bits per heavy atom. The summed E-state index contributed by atoms with van der Waals surface area (Å²) in [6.45, 7) is 0.944. The van der Waals surface area contributed by atoms with Crippen LogP contribution in [0.1, 0.15) is 26.2 Å². The molecule has 1 fully saturated rings. The zero-order valence-electron chi connectivity index (χ0n) is 14.8. The van der Waals surface area contributed by atoms with Crippen LogP contribution in [0.5, 0.6) is 0 Å². The van der Waals surface area contributed by atoms with Gasteiger partial charge in [0.05, 0.1) is 0 Å². The first-order chi connectivity index (χ1) is 13.1. The molecule has 0 aromatic heterocycles. The zero-order valence-corrected chi connectivity index (χ0v) is 15.6. The summed E-state index contributed by atoms with van der Waals surface area (Å²) in [5.74, 6) is -5.42. The Labute approximate surface area is 163 Å². The minimum Gasteiger partial charge on any atom is -0.477 e. The molecule has 0 aromatic rings. The summed E-state index contributed by atoms with van der Waals surface area (Å²) in [5.41, 5.74) is 0.0295. The number of hydrogen-bond acceptors (Lipinski definition) is 8. The van der Waals surface area contributed by atoms with Crippen LogP contribution in [0.15, 0.2) is 11.3 Å². The van der Waals surface area contributed by atoms with Gasteiger partial charge >= 0.3 is 17.9 Å². The molecule has 2 aliphatic heterocycles.